The first-order valence-corrected chi connectivity index (χ1v) is 8.61. The van der Waals surface area contributed by atoms with Crippen LogP contribution in [0.1, 0.15) is 24.8 Å². The Balaban J connectivity index is 2.12. The van der Waals surface area contributed by atoms with Crippen LogP contribution in [-0.2, 0) is 10.0 Å². The largest absolute Gasteiger partial charge is 0.393 e. The normalized spacial score (nSPS) is 23.7. The van der Waals surface area contributed by atoms with E-state index in [2.05, 4.69) is 20.7 Å². The van der Waals surface area contributed by atoms with Crippen LogP contribution < -0.4 is 4.72 Å². The molecule has 19 heavy (non-hydrogen) atoms. The molecule has 6 heteroatoms. The molecule has 0 unspecified atom stereocenters. The number of aliphatic hydroxyl groups is 1. The zero-order valence-electron chi connectivity index (χ0n) is 10.8. The Morgan fingerprint density at radius 1 is 1.42 bits per heavy atom. The summed E-state index contributed by atoms with van der Waals surface area (Å²) >= 11 is 3.26. The molecule has 4 nitrogen and oxygen atoms in total. The summed E-state index contributed by atoms with van der Waals surface area (Å²) < 4.78 is 27.6. The van der Waals surface area contributed by atoms with Crippen LogP contribution in [0.3, 0.4) is 0 Å². The zero-order valence-corrected chi connectivity index (χ0v) is 13.2. The Labute approximate surface area is 122 Å². The molecule has 106 valence electrons. The van der Waals surface area contributed by atoms with Gasteiger partial charge in [-0.2, -0.15) is 0 Å². The van der Waals surface area contributed by atoms with E-state index >= 15 is 0 Å². The van der Waals surface area contributed by atoms with Gasteiger partial charge in [-0.1, -0.05) is 12.5 Å². The quantitative estimate of drug-likeness (QED) is 0.877. The zero-order chi connectivity index (χ0) is 14.0. The van der Waals surface area contributed by atoms with E-state index in [0.717, 1.165) is 24.8 Å². The molecular weight excluding hydrogens is 330 g/mol. The second-order valence-electron chi connectivity index (χ2n) is 5.04. The van der Waals surface area contributed by atoms with Crippen molar-refractivity contribution in [2.45, 2.75) is 37.2 Å². The van der Waals surface area contributed by atoms with Crippen LogP contribution in [0.5, 0.6) is 0 Å². The number of aliphatic hydroxyl groups excluding tert-OH is 1. The van der Waals surface area contributed by atoms with Crippen LogP contribution in [0.4, 0.5) is 0 Å². The molecule has 1 saturated carbocycles. The molecule has 1 aromatic rings. The molecule has 1 aliphatic rings. The summed E-state index contributed by atoms with van der Waals surface area (Å²) in [6.07, 6.45) is 2.21. The van der Waals surface area contributed by atoms with Gasteiger partial charge in [-0.25, -0.2) is 13.1 Å². The molecule has 0 spiro atoms. The van der Waals surface area contributed by atoms with Gasteiger partial charge in [0.25, 0.3) is 0 Å². The second kappa shape index (κ2) is 5.91. The summed E-state index contributed by atoms with van der Waals surface area (Å²) in [6, 6.07) is 5.22. The van der Waals surface area contributed by atoms with Gasteiger partial charge in [0.2, 0.25) is 10.0 Å². The number of halogens is 1. The van der Waals surface area contributed by atoms with Gasteiger partial charge in [0.1, 0.15) is 0 Å². The van der Waals surface area contributed by atoms with Gasteiger partial charge in [-0.15, -0.1) is 0 Å². The first-order chi connectivity index (χ1) is 8.90. The SMILES string of the molecule is Cc1ccc(Br)c(S(=O)(=O)NC[C@H]2CCC[C@@H]2O)c1. The Bertz CT molecular complexity index is 559. The summed E-state index contributed by atoms with van der Waals surface area (Å²) in [5, 5.41) is 9.71. The standard InChI is InChI=1S/C13H18BrNO3S/c1-9-5-6-11(14)13(7-9)19(17,18)15-8-10-3-2-4-12(10)16/h5-7,10,12,15-16H,2-4,8H2,1H3/t10-,12+/m1/s1. The van der Waals surface area contributed by atoms with Crippen LogP contribution >= 0.6 is 15.9 Å². The van der Waals surface area contributed by atoms with E-state index < -0.39 is 10.0 Å². The minimum absolute atomic E-state index is 0.0263. The maximum atomic E-state index is 12.2. The minimum atomic E-state index is -3.53. The lowest BCUT2D eigenvalue weighted by atomic mass is 10.1. The summed E-state index contributed by atoms with van der Waals surface area (Å²) in [5.74, 6) is 0.0263. The summed E-state index contributed by atoms with van der Waals surface area (Å²) in [4.78, 5) is 0.250. The van der Waals surface area contributed by atoms with Crippen molar-refractivity contribution in [2.75, 3.05) is 6.54 Å². The van der Waals surface area contributed by atoms with E-state index in [4.69, 9.17) is 0 Å². The number of hydrogen-bond donors (Lipinski definition) is 2. The van der Waals surface area contributed by atoms with E-state index in [9.17, 15) is 13.5 Å². The first kappa shape index (κ1) is 15.0. The predicted molar refractivity (Wildman–Crippen MR) is 77.4 cm³/mol. The molecule has 2 N–H and O–H groups in total. The van der Waals surface area contributed by atoms with E-state index in [1.807, 2.05) is 13.0 Å². The third-order valence-electron chi connectivity index (χ3n) is 3.53. The maximum absolute atomic E-state index is 12.2. The van der Waals surface area contributed by atoms with Gasteiger partial charge in [-0.05, 0) is 59.3 Å². The van der Waals surface area contributed by atoms with Crippen LogP contribution in [-0.4, -0.2) is 26.2 Å². The van der Waals surface area contributed by atoms with Crippen molar-refractivity contribution in [1.29, 1.82) is 0 Å². The Morgan fingerprint density at radius 3 is 2.79 bits per heavy atom. The molecule has 0 amide bonds. The van der Waals surface area contributed by atoms with E-state index in [1.54, 1.807) is 12.1 Å². The molecule has 0 aromatic heterocycles. The van der Waals surface area contributed by atoms with Crippen molar-refractivity contribution >= 4 is 26.0 Å². The third-order valence-corrected chi connectivity index (χ3v) is 5.95. The molecule has 0 heterocycles. The fraction of sp³-hybridized carbons (Fsp3) is 0.538. The lowest BCUT2D eigenvalue weighted by Gasteiger charge is -2.16. The van der Waals surface area contributed by atoms with E-state index in [-0.39, 0.29) is 16.9 Å². The Kier molecular flexibility index (Phi) is 4.66. The second-order valence-corrected chi connectivity index (χ2v) is 7.63. The van der Waals surface area contributed by atoms with Crippen molar-refractivity contribution in [1.82, 2.24) is 4.72 Å². The number of rotatable bonds is 4. The van der Waals surface area contributed by atoms with Crippen molar-refractivity contribution in [3.63, 3.8) is 0 Å². The van der Waals surface area contributed by atoms with Crippen LogP contribution in [0.2, 0.25) is 0 Å². The number of aryl methyl sites for hydroxylation is 1. The summed E-state index contributed by atoms with van der Waals surface area (Å²) in [7, 11) is -3.53. The highest BCUT2D eigenvalue weighted by molar-refractivity contribution is 9.10. The molecule has 0 bridgehead atoms. The van der Waals surface area contributed by atoms with Crippen molar-refractivity contribution in [3.05, 3.63) is 28.2 Å². The van der Waals surface area contributed by atoms with Crippen molar-refractivity contribution in [3.8, 4) is 0 Å². The Morgan fingerprint density at radius 2 is 2.16 bits per heavy atom. The lowest BCUT2D eigenvalue weighted by Crippen LogP contribution is -2.32. The third kappa shape index (κ3) is 3.56. The molecule has 0 radical (unpaired) electrons. The van der Waals surface area contributed by atoms with Gasteiger partial charge in [0, 0.05) is 11.0 Å². The van der Waals surface area contributed by atoms with Gasteiger partial charge >= 0.3 is 0 Å². The highest BCUT2D eigenvalue weighted by atomic mass is 79.9. The van der Waals surface area contributed by atoms with E-state index in [0.29, 0.717) is 11.0 Å². The predicted octanol–water partition coefficient (Wildman–Crippen LogP) is 2.20. The highest BCUT2D eigenvalue weighted by Crippen LogP contribution is 2.26. The van der Waals surface area contributed by atoms with Crippen LogP contribution in [0.25, 0.3) is 0 Å². The van der Waals surface area contributed by atoms with Crippen molar-refractivity contribution in [2.24, 2.45) is 5.92 Å². The fourth-order valence-corrected chi connectivity index (χ4v) is 4.51. The molecule has 0 aliphatic heterocycles. The molecule has 2 rings (SSSR count). The van der Waals surface area contributed by atoms with Gasteiger partial charge in [0.05, 0.1) is 11.0 Å². The van der Waals surface area contributed by atoms with Crippen LogP contribution in [0, 0.1) is 12.8 Å². The van der Waals surface area contributed by atoms with Gasteiger partial charge in [0.15, 0.2) is 0 Å². The average molecular weight is 348 g/mol. The van der Waals surface area contributed by atoms with Crippen LogP contribution in [0.15, 0.2) is 27.6 Å². The molecule has 1 aliphatic carbocycles. The average Bonchev–Trinajstić information content (AvgIpc) is 2.75. The highest BCUT2D eigenvalue weighted by Gasteiger charge is 2.27. The fourth-order valence-electron chi connectivity index (χ4n) is 2.37. The summed E-state index contributed by atoms with van der Waals surface area (Å²) in [6.45, 7) is 2.15. The number of nitrogens with one attached hydrogen (secondary N) is 1. The topological polar surface area (TPSA) is 66.4 Å². The first-order valence-electron chi connectivity index (χ1n) is 6.34. The molecule has 0 saturated heterocycles. The smallest absolute Gasteiger partial charge is 0.241 e. The number of hydrogen-bond acceptors (Lipinski definition) is 3. The lowest BCUT2D eigenvalue weighted by molar-refractivity contribution is 0.134. The molecule has 1 fully saturated rings. The molecule has 1 aromatic carbocycles. The van der Waals surface area contributed by atoms with E-state index in [1.165, 1.54) is 0 Å². The Hall–Kier alpha value is -0.430. The maximum Gasteiger partial charge on any atom is 0.241 e. The monoisotopic (exact) mass is 347 g/mol. The number of sulfonamides is 1. The van der Waals surface area contributed by atoms with Crippen molar-refractivity contribution < 1.29 is 13.5 Å². The molecular formula is C13H18BrNO3S. The van der Waals surface area contributed by atoms with Gasteiger partial charge < -0.3 is 5.11 Å². The number of benzene rings is 1. The molecule has 2 atom stereocenters. The minimum Gasteiger partial charge on any atom is -0.393 e. The summed E-state index contributed by atoms with van der Waals surface area (Å²) in [5.41, 5.74) is 0.893. The van der Waals surface area contributed by atoms with Gasteiger partial charge in [-0.3, -0.25) is 0 Å².